The molecule has 0 bridgehead atoms. The van der Waals surface area contributed by atoms with E-state index in [0.29, 0.717) is 11.3 Å². The summed E-state index contributed by atoms with van der Waals surface area (Å²) in [6, 6.07) is 6.25. The molecule has 6 nitrogen and oxygen atoms in total. The first-order valence-electron chi connectivity index (χ1n) is 8.44. The van der Waals surface area contributed by atoms with Gasteiger partial charge in [0.2, 0.25) is 11.8 Å². The maximum Gasteiger partial charge on any atom is 0.471 e. The van der Waals surface area contributed by atoms with Crippen LogP contribution in [0.1, 0.15) is 32.8 Å². The van der Waals surface area contributed by atoms with E-state index in [4.69, 9.17) is 0 Å². The Labute approximate surface area is 155 Å². The topological polar surface area (TPSA) is 78.5 Å². The van der Waals surface area contributed by atoms with Crippen molar-refractivity contribution in [2.75, 3.05) is 11.9 Å². The quantitative estimate of drug-likeness (QED) is 0.836. The van der Waals surface area contributed by atoms with Crippen LogP contribution in [0.25, 0.3) is 0 Å². The van der Waals surface area contributed by atoms with Gasteiger partial charge in [0.05, 0.1) is 5.92 Å². The van der Waals surface area contributed by atoms with E-state index < -0.39 is 23.5 Å². The second-order valence-corrected chi connectivity index (χ2v) is 7.40. The summed E-state index contributed by atoms with van der Waals surface area (Å²) in [6.07, 6.45) is -4.89. The Morgan fingerprint density at radius 2 is 1.81 bits per heavy atom. The minimum absolute atomic E-state index is 0.0794. The highest BCUT2D eigenvalue weighted by molar-refractivity contribution is 5.97. The predicted molar refractivity (Wildman–Crippen MR) is 92.5 cm³/mol. The van der Waals surface area contributed by atoms with E-state index in [9.17, 15) is 27.6 Å². The smallest absolute Gasteiger partial charge is 0.344 e. The second kappa shape index (κ2) is 7.58. The summed E-state index contributed by atoms with van der Waals surface area (Å²) in [7, 11) is 0. The molecular weight excluding hydrogens is 363 g/mol. The highest BCUT2D eigenvalue weighted by Crippen LogP contribution is 2.27. The number of carbonyl (C=O) groups excluding carboxylic acids is 3. The minimum Gasteiger partial charge on any atom is -0.344 e. The summed E-state index contributed by atoms with van der Waals surface area (Å²) in [5, 5.41) is 4.44. The minimum atomic E-state index is -4.97. The Morgan fingerprint density at radius 3 is 2.37 bits per heavy atom. The van der Waals surface area contributed by atoms with Gasteiger partial charge in [-0.2, -0.15) is 13.2 Å². The number of para-hydroxylation sites is 1. The van der Waals surface area contributed by atoms with E-state index in [1.807, 2.05) is 20.8 Å². The van der Waals surface area contributed by atoms with Crippen molar-refractivity contribution >= 4 is 23.4 Å². The van der Waals surface area contributed by atoms with Crippen molar-refractivity contribution in [1.82, 2.24) is 10.2 Å². The number of halogens is 3. The summed E-state index contributed by atoms with van der Waals surface area (Å²) in [5.74, 6) is -3.10. The van der Waals surface area contributed by atoms with Crippen molar-refractivity contribution in [3.05, 3.63) is 29.8 Å². The van der Waals surface area contributed by atoms with Crippen LogP contribution in [0.15, 0.2) is 24.3 Å². The zero-order chi connectivity index (χ0) is 20.4. The number of nitrogens with one attached hydrogen (secondary N) is 2. The Hall–Kier alpha value is -2.58. The Bertz CT molecular complexity index is 741. The summed E-state index contributed by atoms with van der Waals surface area (Å²) >= 11 is 0. The van der Waals surface area contributed by atoms with E-state index in [1.165, 1.54) is 12.1 Å². The van der Waals surface area contributed by atoms with E-state index in [-0.39, 0.29) is 31.3 Å². The van der Waals surface area contributed by atoms with Gasteiger partial charge in [-0.05, 0) is 32.4 Å². The average molecular weight is 385 g/mol. The molecule has 0 radical (unpaired) electrons. The molecule has 1 fully saturated rings. The number of nitrogens with zero attached hydrogens (tertiary/aromatic N) is 1. The highest BCUT2D eigenvalue weighted by Gasteiger charge is 2.40. The van der Waals surface area contributed by atoms with Crippen LogP contribution in [0, 0.1) is 5.92 Å². The van der Waals surface area contributed by atoms with E-state index in [1.54, 1.807) is 22.3 Å². The van der Waals surface area contributed by atoms with Gasteiger partial charge in [-0.15, -0.1) is 0 Å². The summed E-state index contributed by atoms with van der Waals surface area (Å²) < 4.78 is 37.0. The van der Waals surface area contributed by atoms with E-state index >= 15 is 0 Å². The normalized spacial score (nSPS) is 17.8. The van der Waals surface area contributed by atoms with Crippen molar-refractivity contribution in [3.8, 4) is 0 Å². The fraction of sp³-hybridized carbons (Fsp3) is 0.500. The third-order valence-electron chi connectivity index (χ3n) is 4.28. The number of likely N-dealkylation sites (tertiary alicyclic amines) is 1. The summed E-state index contributed by atoms with van der Waals surface area (Å²) in [6.45, 7) is 5.53. The highest BCUT2D eigenvalue weighted by atomic mass is 19.4. The van der Waals surface area contributed by atoms with Crippen molar-refractivity contribution in [2.45, 2.75) is 45.5 Å². The number of amides is 3. The van der Waals surface area contributed by atoms with Gasteiger partial charge in [0.1, 0.15) is 0 Å². The number of rotatable bonds is 4. The van der Waals surface area contributed by atoms with Gasteiger partial charge in [0, 0.05) is 30.7 Å². The molecule has 1 atom stereocenters. The predicted octanol–water partition coefficient (Wildman–Crippen LogP) is 2.45. The van der Waals surface area contributed by atoms with Gasteiger partial charge in [-0.25, -0.2) is 0 Å². The van der Waals surface area contributed by atoms with Crippen LogP contribution in [-0.2, 0) is 20.9 Å². The molecule has 0 aliphatic carbocycles. The number of hydrogen-bond acceptors (Lipinski definition) is 3. The maximum atomic E-state index is 12.5. The Balaban J connectivity index is 2.05. The molecule has 9 heteroatoms. The van der Waals surface area contributed by atoms with Gasteiger partial charge < -0.3 is 15.5 Å². The standard InChI is InChI=1S/C18H22F3N3O3/c1-17(2,3)24-10-12(8-14(24)25)15(26)23-13-7-5-4-6-11(13)9-22-16(27)18(19,20)21/h4-7,12H,8-10H2,1-3H3,(H,22,27)(H,23,26). The van der Waals surface area contributed by atoms with E-state index in [0.717, 1.165) is 0 Å². The van der Waals surface area contributed by atoms with Crippen LogP contribution < -0.4 is 10.6 Å². The van der Waals surface area contributed by atoms with Gasteiger partial charge in [0.25, 0.3) is 0 Å². The number of hydrogen-bond donors (Lipinski definition) is 2. The second-order valence-electron chi connectivity index (χ2n) is 7.40. The first-order valence-corrected chi connectivity index (χ1v) is 8.44. The lowest BCUT2D eigenvalue weighted by molar-refractivity contribution is -0.173. The van der Waals surface area contributed by atoms with Gasteiger partial charge in [-0.3, -0.25) is 14.4 Å². The van der Waals surface area contributed by atoms with Crippen molar-refractivity contribution < 1.29 is 27.6 Å². The molecule has 27 heavy (non-hydrogen) atoms. The fourth-order valence-corrected chi connectivity index (χ4v) is 2.84. The van der Waals surface area contributed by atoms with E-state index in [2.05, 4.69) is 5.32 Å². The van der Waals surface area contributed by atoms with Crippen LogP contribution in [0.3, 0.4) is 0 Å². The SMILES string of the molecule is CC(C)(C)N1CC(C(=O)Nc2ccccc2CNC(=O)C(F)(F)F)CC1=O. The molecule has 1 aliphatic heterocycles. The molecule has 0 saturated carbocycles. The third-order valence-corrected chi connectivity index (χ3v) is 4.28. The maximum absolute atomic E-state index is 12.5. The molecular formula is C18H22F3N3O3. The van der Waals surface area contributed by atoms with Gasteiger partial charge >= 0.3 is 12.1 Å². The molecule has 1 saturated heterocycles. The van der Waals surface area contributed by atoms with Crippen molar-refractivity contribution in [1.29, 1.82) is 0 Å². The number of benzene rings is 1. The molecule has 2 N–H and O–H groups in total. The molecule has 1 aromatic rings. The molecule has 0 aromatic heterocycles. The summed E-state index contributed by atoms with van der Waals surface area (Å²) in [5.41, 5.74) is 0.235. The number of alkyl halides is 3. The Kier molecular flexibility index (Phi) is 5.82. The Morgan fingerprint density at radius 1 is 1.19 bits per heavy atom. The first kappa shape index (κ1) is 20.7. The van der Waals surface area contributed by atoms with Crippen LogP contribution in [0.5, 0.6) is 0 Å². The number of anilines is 1. The number of carbonyl (C=O) groups is 3. The average Bonchev–Trinajstić information content (AvgIpc) is 2.95. The molecule has 1 heterocycles. The largest absolute Gasteiger partial charge is 0.471 e. The summed E-state index contributed by atoms with van der Waals surface area (Å²) in [4.78, 5) is 37.3. The first-order chi connectivity index (χ1) is 12.4. The monoisotopic (exact) mass is 385 g/mol. The van der Waals surface area contributed by atoms with Gasteiger partial charge in [-0.1, -0.05) is 18.2 Å². The molecule has 1 aromatic carbocycles. The molecule has 1 aliphatic rings. The van der Waals surface area contributed by atoms with Crippen LogP contribution in [0.2, 0.25) is 0 Å². The lowest BCUT2D eigenvalue weighted by Crippen LogP contribution is -2.42. The zero-order valence-electron chi connectivity index (χ0n) is 15.3. The third kappa shape index (κ3) is 5.21. The van der Waals surface area contributed by atoms with Crippen molar-refractivity contribution in [2.24, 2.45) is 5.92 Å². The van der Waals surface area contributed by atoms with Crippen LogP contribution >= 0.6 is 0 Å². The molecule has 0 spiro atoms. The molecule has 148 valence electrons. The lowest BCUT2D eigenvalue weighted by atomic mass is 10.1. The lowest BCUT2D eigenvalue weighted by Gasteiger charge is -2.32. The molecule has 1 unspecified atom stereocenters. The fourth-order valence-electron chi connectivity index (χ4n) is 2.84. The van der Waals surface area contributed by atoms with Gasteiger partial charge in [0.15, 0.2) is 0 Å². The molecule has 3 amide bonds. The van der Waals surface area contributed by atoms with Crippen molar-refractivity contribution in [3.63, 3.8) is 0 Å². The zero-order valence-corrected chi connectivity index (χ0v) is 15.3. The van der Waals surface area contributed by atoms with Crippen LogP contribution in [-0.4, -0.2) is 40.9 Å². The molecule has 2 rings (SSSR count). The van der Waals surface area contributed by atoms with Crippen LogP contribution in [0.4, 0.5) is 18.9 Å².